The van der Waals surface area contributed by atoms with Crippen LogP contribution >= 0.6 is 11.3 Å². The van der Waals surface area contributed by atoms with Crippen LogP contribution in [0.2, 0.25) is 0 Å². The second-order valence-electron chi connectivity index (χ2n) is 5.55. The molecule has 4 aromatic heterocycles. The first-order valence-corrected chi connectivity index (χ1v) is 8.64. The predicted molar refractivity (Wildman–Crippen MR) is 92.6 cm³/mol. The molecule has 0 aliphatic heterocycles. The normalized spacial score (nSPS) is 13.4. The van der Waals surface area contributed by atoms with Gasteiger partial charge in [0.2, 0.25) is 5.76 Å². The Morgan fingerprint density at radius 3 is 2.69 bits per heavy atom. The van der Waals surface area contributed by atoms with Gasteiger partial charge in [0.25, 0.3) is 5.91 Å². The Hall–Kier alpha value is -3.10. The second kappa shape index (κ2) is 6.66. The van der Waals surface area contributed by atoms with Gasteiger partial charge in [-0.15, -0.1) is 11.3 Å². The molecular weight excluding hydrogens is 356 g/mol. The van der Waals surface area contributed by atoms with Gasteiger partial charge in [0.05, 0.1) is 19.1 Å². The quantitative estimate of drug-likeness (QED) is 0.540. The number of hydrogen-bond acceptors (Lipinski definition) is 7. The summed E-state index contributed by atoms with van der Waals surface area (Å²) in [5, 5.41) is 19.4. The average molecular weight is 370 g/mol. The fourth-order valence-corrected chi connectivity index (χ4v) is 3.37. The highest BCUT2D eigenvalue weighted by Crippen LogP contribution is 2.32. The number of amides is 1. The van der Waals surface area contributed by atoms with Gasteiger partial charge in [-0.05, 0) is 35.7 Å². The molecule has 0 aromatic carbocycles. The Morgan fingerprint density at radius 1 is 1.15 bits per heavy atom. The molecular formula is C18H14N2O5S. The number of thiophene rings is 1. The van der Waals surface area contributed by atoms with Crippen molar-refractivity contribution in [2.24, 2.45) is 0 Å². The topological polar surface area (TPSA) is 102 Å². The molecule has 1 atom stereocenters. The summed E-state index contributed by atoms with van der Waals surface area (Å²) in [5.74, 6) is 0.687. The molecule has 7 nitrogen and oxygen atoms in total. The van der Waals surface area contributed by atoms with Crippen LogP contribution in [0.5, 0.6) is 0 Å². The number of aromatic nitrogens is 1. The fraction of sp³-hybridized carbons (Fsp3) is 0.111. The lowest BCUT2D eigenvalue weighted by Gasteiger charge is -2.25. The molecule has 0 saturated heterocycles. The first-order chi connectivity index (χ1) is 12.7. The number of rotatable bonds is 6. The second-order valence-corrected chi connectivity index (χ2v) is 6.50. The number of carbonyl (C=O) groups is 1. The highest BCUT2D eigenvalue weighted by molar-refractivity contribution is 7.10. The summed E-state index contributed by atoms with van der Waals surface area (Å²) < 4.78 is 15.7. The van der Waals surface area contributed by atoms with Crippen molar-refractivity contribution in [1.29, 1.82) is 0 Å². The number of nitrogens with zero attached hydrogens (tertiary/aromatic N) is 1. The maximum absolute atomic E-state index is 12.4. The van der Waals surface area contributed by atoms with E-state index in [2.05, 4.69) is 10.5 Å². The average Bonchev–Trinajstić information content (AvgIpc) is 3.45. The summed E-state index contributed by atoms with van der Waals surface area (Å²) in [7, 11) is 0. The Kier molecular flexibility index (Phi) is 4.19. The van der Waals surface area contributed by atoms with Crippen LogP contribution < -0.4 is 5.32 Å². The molecule has 26 heavy (non-hydrogen) atoms. The fourth-order valence-electron chi connectivity index (χ4n) is 2.54. The predicted octanol–water partition coefficient (Wildman–Crippen LogP) is 3.26. The van der Waals surface area contributed by atoms with Crippen LogP contribution in [-0.4, -0.2) is 22.7 Å². The summed E-state index contributed by atoms with van der Waals surface area (Å²) >= 11 is 1.37. The molecule has 4 heterocycles. The molecule has 0 radical (unpaired) electrons. The molecule has 4 aromatic rings. The van der Waals surface area contributed by atoms with Crippen LogP contribution in [0.3, 0.4) is 0 Å². The van der Waals surface area contributed by atoms with Gasteiger partial charge < -0.3 is 23.8 Å². The maximum atomic E-state index is 12.4. The molecule has 0 fully saturated rings. The van der Waals surface area contributed by atoms with Crippen LogP contribution in [0.15, 0.2) is 73.7 Å². The van der Waals surface area contributed by atoms with E-state index in [9.17, 15) is 9.90 Å². The lowest BCUT2D eigenvalue weighted by molar-refractivity contribution is 0.0551. The Labute approximate surface area is 151 Å². The molecule has 1 unspecified atom stereocenters. The van der Waals surface area contributed by atoms with E-state index in [4.69, 9.17) is 13.4 Å². The van der Waals surface area contributed by atoms with Gasteiger partial charge in [-0.2, -0.15) is 0 Å². The van der Waals surface area contributed by atoms with Crippen molar-refractivity contribution in [3.05, 3.63) is 76.7 Å². The van der Waals surface area contributed by atoms with E-state index in [1.165, 1.54) is 29.9 Å². The minimum atomic E-state index is -1.47. The molecule has 132 valence electrons. The third kappa shape index (κ3) is 2.96. The number of nitrogens with one attached hydrogen (secondary N) is 1. The summed E-state index contributed by atoms with van der Waals surface area (Å²) in [5.41, 5.74) is -1.38. The number of hydrogen-bond donors (Lipinski definition) is 2. The SMILES string of the molecule is O=C(NCC(O)(c1ccco1)c1cccs1)c1cc(-c2ccco2)on1. The van der Waals surface area contributed by atoms with E-state index in [0.29, 0.717) is 22.2 Å². The van der Waals surface area contributed by atoms with Gasteiger partial charge in [-0.1, -0.05) is 11.2 Å². The zero-order valence-electron chi connectivity index (χ0n) is 13.4. The van der Waals surface area contributed by atoms with Crippen LogP contribution in [0.1, 0.15) is 21.1 Å². The monoisotopic (exact) mass is 370 g/mol. The standard InChI is InChI=1S/C18H14N2O5S/c21-17(12-10-14(25-20-12)13-4-1-7-23-13)19-11-18(22,15-5-2-8-24-15)16-6-3-9-26-16/h1-10,22H,11H2,(H,19,21). The largest absolute Gasteiger partial charge is 0.466 e. The maximum Gasteiger partial charge on any atom is 0.273 e. The van der Waals surface area contributed by atoms with Crippen LogP contribution in [-0.2, 0) is 5.60 Å². The van der Waals surface area contributed by atoms with Crippen molar-refractivity contribution < 1.29 is 23.3 Å². The van der Waals surface area contributed by atoms with Gasteiger partial charge in [0.1, 0.15) is 5.76 Å². The van der Waals surface area contributed by atoms with Gasteiger partial charge >= 0.3 is 0 Å². The van der Waals surface area contributed by atoms with Gasteiger partial charge in [0, 0.05) is 10.9 Å². The number of aliphatic hydroxyl groups is 1. The van der Waals surface area contributed by atoms with Crippen molar-refractivity contribution in [3.8, 4) is 11.5 Å². The zero-order chi connectivity index (χ0) is 18.0. The van der Waals surface area contributed by atoms with Crippen molar-refractivity contribution in [1.82, 2.24) is 10.5 Å². The molecule has 0 spiro atoms. The Balaban J connectivity index is 1.52. The lowest BCUT2D eigenvalue weighted by atomic mass is 9.98. The molecule has 2 N–H and O–H groups in total. The van der Waals surface area contributed by atoms with E-state index in [0.717, 1.165) is 0 Å². The van der Waals surface area contributed by atoms with E-state index >= 15 is 0 Å². The third-order valence-electron chi connectivity index (χ3n) is 3.87. The van der Waals surface area contributed by atoms with Crippen molar-refractivity contribution >= 4 is 17.2 Å². The van der Waals surface area contributed by atoms with Gasteiger partial charge in [0.15, 0.2) is 17.1 Å². The molecule has 0 aliphatic carbocycles. The van der Waals surface area contributed by atoms with Crippen LogP contribution in [0, 0.1) is 0 Å². The Morgan fingerprint density at radius 2 is 2.00 bits per heavy atom. The molecule has 1 amide bonds. The first kappa shape index (κ1) is 16.4. The third-order valence-corrected chi connectivity index (χ3v) is 4.89. The van der Waals surface area contributed by atoms with Crippen LogP contribution in [0.25, 0.3) is 11.5 Å². The number of carbonyl (C=O) groups excluding carboxylic acids is 1. The number of furan rings is 2. The molecule has 4 rings (SSSR count). The smallest absolute Gasteiger partial charge is 0.273 e. The van der Waals surface area contributed by atoms with E-state index in [1.54, 1.807) is 30.3 Å². The van der Waals surface area contributed by atoms with Crippen LogP contribution in [0.4, 0.5) is 0 Å². The first-order valence-electron chi connectivity index (χ1n) is 7.76. The van der Waals surface area contributed by atoms with Gasteiger partial charge in [-0.3, -0.25) is 4.79 Å². The van der Waals surface area contributed by atoms with Crippen molar-refractivity contribution in [2.45, 2.75) is 5.60 Å². The van der Waals surface area contributed by atoms with Crippen molar-refractivity contribution in [2.75, 3.05) is 6.54 Å². The molecule has 8 heteroatoms. The highest BCUT2D eigenvalue weighted by Gasteiger charge is 2.36. The summed E-state index contributed by atoms with van der Waals surface area (Å²) in [6.45, 7) is -0.0806. The minimum absolute atomic E-state index is 0.0806. The lowest BCUT2D eigenvalue weighted by Crippen LogP contribution is -2.41. The highest BCUT2D eigenvalue weighted by atomic mass is 32.1. The summed E-state index contributed by atoms with van der Waals surface area (Å²) in [6.07, 6.45) is 2.98. The molecule has 0 aliphatic rings. The van der Waals surface area contributed by atoms with Gasteiger partial charge in [-0.25, -0.2) is 0 Å². The minimum Gasteiger partial charge on any atom is -0.466 e. The van der Waals surface area contributed by atoms with E-state index in [1.807, 2.05) is 11.4 Å². The Bertz CT molecular complexity index is 937. The summed E-state index contributed by atoms with van der Waals surface area (Å²) in [6, 6.07) is 11.8. The molecule has 0 saturated carbocycles. The van der Waals surface area contributed by atoms with E-state index < -0.39 is 11.5 Å². The zero-order valence-corrected chi connectivity index (χ0v) is 14.2. The summed E-state index contributed by atoms with van der Waals surface area (Å²) in [4.78, 5) is 13.1. The van der Waals surface area contributed by atoms with E-state index in [-0.39, 0.29) is 12.2 Å². The van der Waals surface area contributed by atoms with Crippen molar-refractivity contribution in [3.63, 3.8) is 0 Å². The molecule has 0 bridgehead atoms.